The van der Waals surface area contributed by atoms with Crippen molar-refractivity contribution in [3.8, 4) is 5.69 Å². The molecule has 1 saturated heterocycles. The van der Waals surface area contributed by atoms with Gasteiger partial charge in [-0.25, -0.2) is 4.68 Å². The van der Waals surface area contributed by atoms with E-state index in [4.69, 9.17) is 0 Å². The summed E-state index contributed by atoms with van der Waals surface area (Å²) >= 11 is 0. The van der Waals surface area contributed by atoms with Gasteiger partial charge in [-0.1, -0.05) is 23.4 Å². The van der Waals surface area contributed by atoms with E-state index < -0.39 is 0 Å². The van der Waals surface area contributed by atoms with Crippen LogP contribution in [0.5, 0.6) is 0 Å². The summed E-state index contributed by atoms with van der Waals surface area (Å²) in [5, 5.41) is 8.47. The molecule has 0 bridgehead atoms. The minimum atomic E-state index is 0.194. The lowest BCUT2D eigenvalue weighted by atomic mass is 9.95. The second kappa shape index (κ2) is 5.48. The second-order valence-corrected chi connectivity index (χ2v) is 6.96. The number of nitrogens with zero attached hydrogens (tertiary/aromatic N) is 4. The second-order valence-electron chi connectivity index (χ2n) is 6.96. The Morgan fingerprint density at radius 3 is 2.74 bits per heavy atom. The predicted octanol–water partition coefficient (Wildman–Crippen LogP) is 2.52. The monoisotopic (exact) mass is 310 g/mol. The molecule has 2 fully saturated rings. The molecule has 5 heteroatoms. The SMILES string of the molecule is Cc1c(CC(=O)N2CCCC3(CC3)C2)nnn1-c1ccccc1. The van der Waals surface area contributed by atoms with E-state index in [-0.39, 0.29) is 5.91 Å². The van der Waals surface area contributed by atoms with E-state index in [0.717, 1.165) is 36.6 Å². The molecular weight excluding hydrogens is 288 g/mol. The highest BCUT2D eigenvalue weighted by molar-refractivity contribution is 5.78. The summed E-state index contributed by atoms with van der Waals surface area (Å²) in [6.07, 6.45) is 5.37. The number of benzene rings is 1. The standard InChI is InChI=1S/C18H22N4O/c1-14-16(19-20-22(14)15-6-3-2-4-7-15)12-17(23)21-11-5-8-18(13-21)9-10-18/h2-4,6-7H,5,8-13H2,1H3. The van der Waals surface area contributed by atoms with Gasteiger partial charge in [0, 0.05) is 13.1 Å². The van der Waals surface area contributed by atoms with Gasteiger partial charge in [0.15, 0.2) is 0 Å². The fraction of sp³-hybridized carbons (Fsp3) is 0.500. The molecule has 1 aliphatic carbocycles. The highest BCUT2D eigenvalue weighted by Crippen LogP contribution is 2.52. The zero-order valence-corrected chi connectivity index (χ0v) is 13.5. The summed E-state index contributed by atoms with van der Waals surface area (Å²) in [5.41, 5.74) is 3.17. The van der Waals surface area contributed by atoms with Crippen LogP contribution in [0.25, 0.3) is 5.69 Å². The molecular formula is C18H22N4O. The Morgan fingerprint density at radius 2 is 2.00 bits per heavy atom. The van der Waals surface area contributed by atoms with E-state index in [1.807, 2.05) is 42.2 Å². The van der Waals surface area contributed by atoms with Crippen LogP contribution in [0.15, 0.2) is 30.3 Å². The van der Waals surface area contributed by atoms with Crippen LogP contribution in [-0.2, 0) is 11.2 Å². The summed E-state index contributed by atoms with van der Waals surface area (Å²) in [6, 6.07) is 9.92. The lowest BCUT2D eigenvalue weighted by molar-refractivity contribution is -0.132. The number of hydrogen-bond acceptors (Lipinski definition) is 3. The van der Waals surface area contributed by atoms with E-state index in [2.05, 4.69) is 10.3 Å². The van der Waals surface area contributed by atoms with Crippen molar-refractivity contribution in [2.75, 3.05) is 13.1 Å². The average molecular weight is 310 g/mol. The van der Waals surface area contributed by atoms with Crippen LogP contribution in [-0.4, -0.2) is 38.9 Å². The Bertz CT molecular complexity index is 718. The highest BCUT2D eigenvalue weighted by atomic mass is 16.2. The number of likely N-dealkylation sites (tertiary alicyclic amines) is 1. The Balaban J connectivity index is 1.49. The lowest BCUT2D eigenvalue weighted by Crippen LogP contribution is -2.41. The van der Waals surface area contributed by atoms with E-state index in [1.54, 1.807) is 4.68 Å². The third kappa shape index (κ3) is 2.76. The van der Waals surface area contributed by atoms with E-state index in [0.29, 0.717) is 11.8 Å². The zero-order chi connectivity index (χ0) is 15.9. The fourth-order valence-corrected chi connectivity index (χ4v) is 3.60. The minimum Gasteiger partial charge on any atom is -0.342 e. The van der Waals surface area contributed by atoms with Crippen molar-refractivity contribution in [1.29, 1.82) is 0 Å². The molecule has 1 aromatic carbocycles. The van der Waals surface area contributed by atoms with Gasteiger partial charge in [-0.2, -0.15) is 0 Å². The number of piperidine rings is 1. The number of carbonyl (C=O) groups is 1. The topological polar surface area (TPSA) is 51.0 Å². The van der Waals surface area contributed by atoms with Gasteiger partial charge in [0.25, 0.3) is 0 Å². The number of rotatable bonds is 3. The molecule has 1 spiro atoms. The molecule has 5 nitrogen and oxygen atoms in total. The van der Waals surface area contributed by atoms with Crippen molar-refractivity contribution in [2.45, 2.75) is 39.0 Å². The molecule has 0 N–H and O–H groups in total. The summed E-state index contributed by atoms with van der Waals surface area (Å²) in [7, 11) is 0. The Labute approximate surface area is 136 Å². The van der Waals surface area contributed by atoms with Crippen LogP contribution in [0.1, 0.15) is 37.1 Å². The van der Waals surface area contributed by atoms with Gasteiger partial charge < -0.3 is 4.90 Å². The first-order chi connectivity index (χ1) is 11.2. The average Bonchev–Trinajstić information content (AvgIpc) is 3.22. The summed E-state index contributed by atoms with van der Waals surface area (Å²) in [4.78, 5) is 14.7. The number of carbonyl (C=O) groups excluding carboxylic acids is 1. The van der Waals surface area contributed by atoms with Gasteiger partial charge in [-0.05, 0) is 50.2 Å². The lowest BCUT2D eigenvalue weighted by Gasteiger charge is -2.33. The van der Waals surface area contributed by atoms with E-state index >= 15 is 0 Å². The first-order valence-electron chi connectivity index (χ1n) is 8.41. The molecule has 23 heavy (non-hydrogen) atoms. The van der Waals surface area contributed by atoms with Crippen LogP contribution in [0, 0.1) is 12.3 Å². The summed E-state index contributed by atoms with van der Waals surface area (Å²) in [5.74, 6) is 0.194. The van der Waals surface area contributed by atoms with Crippen molar-refractivity contribution in [2.24, 2.45) is 5.41 Å². The first kappa shape index (κ1) is 14.4. The molecule has 1 aromatic heterocycles. The molecule has 1 amide bonds. The van der Waals surface area contributed by atoms with Crippen molar-refractivity contribution in [1.82, 2.24) is 19.9 Å². The third-order valence-corrected chi connectivity index (χ3v) is 5.28. The van der Waals surface area contributed by atoms with Crippen molar-refractivity contribution < 1.29 is 4.79 Å². The van der Waals surface area contributed by atoms with Gasteiger partial charge in [-0.15, -0.1) is 5.10 Å². The van der Waals surface area contributed by atoms with Crippen LogP contribution in [0.4, 0.5) is 0 Å². The number of amides is 1. The molecule has 4 rings (SSSR count). The normalized spacial score (nSPS) is 19.1. The zero-order valence-electron chi connectivity index (χ0n) is 13.5. The van der Waals surface area contributed by atoms with Gasteiger partial charge in [-0.3, -0.25) is 4.79 Å². The molecule has 120 valence electrons. The van der Waals surface area contributed by atoms with Gasteiger partial charge in [0.05, 0.1) is 23.5 Å². The Morgan fingerprint density at radius 1 is 1.22 bits per heavy atom. The Kier molecular flexibility index (Phi) is 3.43. The molecule has 0 atom stereocenters. The van der Waals surface area contributed by atoms with Crippen LogP contribution >= 0.6 is 0 Å². The van der Waals surface area contributed by atoms with Crippen molar-refractivity contribution >= 4 is 5.91 Å². The van der Waals surface area contributed by atoms with Gasteiger partial charge >= 0.3 is 0 Å². The Hall–Kier alpha value is -2.17. The molecule has 0 unspecified atom stereocenters. The van der Waals surface area contributed by atoms with Crippen LogP contribution in [0.2, 0.25) is 0 Å². The van der Waals surface area contributed by atoms with Gasteiger partial charge in [0.2, 0.25) is 5.91 Å². The van der Waals surface area contributed by atoms with Crippen molar-refractivity contribution in [3.63, 3.8) is 0 Å². The first-order valence-corrected chi connectivity index (χ1v) is 8.41. The molecule has 2 heterocycles. The maximum absolute atomic E-state index is 12.6. The third-order valence-electron chi connectivity index (χ3n) is 5.28. The summed E-state index contributed by atoms with van der Waals surface area (Å²) in [6.45, 7) is 3.82. The van der Waals surface area contributed by atoms with Crippen molar-refractivity contribution in [3.05, 3.63) is 41.7 Å². The quantitative estimate of drug-likeness (QED) is 0.875. The van der Waals surface area contributed by atoms with Gasteiger partial charge in [0.1, 0.15) is 0 Å². The molecule has 1 aliphatic heterocycles. The molecule has 2 aromatic rings. The fourth-order valence-electron chi connectivity index (χ4n) is 3.60. The maximum atomic E-state index is 12.6. The molecule has 2 aliphatic rings. The van der Waals surface area contributed by atoms with E-state index in [1.165, 1.54) is 19.3 Å². The number of aromatic nitrogens is 3. The van der Waals surface area contributed by atoms with Crippen LogP contribution < -0.4 is 0 Å². The molecule has 0 radical (unpaired) electrons. The minimum absolute atomic E-state index is 0.194. The summed E-state index contributed by atoms with van der Waals surface area (Å²) < 4.78 is 1.81. The number of hydrogen-bond donors (Lipinski definition) is 0. The van der Waals surface area contributed by atoms with E-state index in [9.17, 15) is 4.79 Å². The maximum Gasteiger partial charge on any atom is 0.228 e. The largest absolute Gasteiger partial charge is 0.342 e. The number of para-hydroxylation sites is 1. The molecule has 1 saturated carbocycles. The van der Waals surface area contributed by atoms with Crippen LogP contribution in [0.3, 0.4) is 0 Å². The highest BCUT2D eigenvalue weighted by Gasteiger charge is 2.46. The smallest absolute Gasteiger partial charge is 0.228 e. The predicted molar refractivity (Wildman–Crippen MR) is 87.3 cm³/mol.